The van der Waals surface area contributed by atoms with E-state index >= 15 is 0 Å². The molecule has 0 spiro atoms. The van der Waals surface area contributed by atoms with Crippen molar-refractivity contribution in [2.45, 2.75) is 81.7 Å². The van der Waals surface area contributed by atoms with Crippen LogP contribution < -0.4 is 0 Å². The van der Waals surface area contributed by atoms with Gasteiger partial charge in [-0.1, -0.05) is 13.8 Å². The molecule has 0 aromatic heterocycles. The molecule has 0 aromatic rings. The SMILES string of the molecule is CCSCCOCCOCCOCCO[C@@H]1OC(CC)[C@@H](O[C@@H]2O[C@@H](CO)[C@H](O)C(O)C2O)[C@H](O)C1O. The molecule has 2 fully saturated rings. The maximum Gasteiger partial charge on any atom is 0.187 e. The van der Waals surface area contributed by atoms with Gasteiger partial charge in [0, 0.05) is 5.75 Å². The number of aliphatic hydroxyl groups is 6. The van der Waals surface area contributed by atoms with E-state index in [1.165, 1.54) is 0 Å². The Labute approximate surface area is 221 Å². The molecule has 0 aromatic carbocycles. The fraction of sp³-hybridized carbons (Fsp3) is 1.00. The van der Waals surface area contributed by atoms with Crippen molar-refractivity contribution in [3.8, 4) is 0 Å². The molecule has 220 valence electrons. The molecule has 14 heteroatoms. The Hall–Kier alpha value is -0.170. The van der Waals surface area contributed by atoms with Crippen LogP contribution in [-0.2, 0) is 33.2 Å². The zero-order valence-corrected chi connectivity index (χ0v) is 22.3. The molecule has 37 heavy (non-hydrogen) atoms. The van der Waals surface area contributed by atoms with Gasteiger partial charge in [-0.05, 0) is 12.2 Å². The number of aliphatic hydroxyl groups excluding tert-OH is 6. The number of hydrogen-bond donors (Lipinski definition) is 6. The number of rotatable bonds is 18. The second kappa shape index (κ2) is 18.2. The molecule has 2 aliphatic rings. The third kappa shape index (κ3) is 10.4. The molecule has 0 aliphatic carbocycles. The minimum atomic E-state index is -1.65. The second-order valence-corrected chi connectivity index (χ2v) is 10.0. The van der Waals surface area contributed by atoms with Crippen LogP contribution in [0.1, 0.15) is 20.3 Å². The first-order valence-electron chi connectivity index (χ1n) is 12.8. The van der Waals surface area contributed by atoms with E-state index in [2.05, 4.69) is 6.92 Å². The summed E-state index contributed by atoms with van der Waals surface area (Å²) >= 11 is 1.83. The van der Waals surface area contributed by atoms with E-state index in [9.17, 15) is 30.6 Å². The zero-order chi connectivity index (χ0) is 27.2. The summed E-state index contributed by atoms with van der Waals surface area (Å²) in [6, 6.07) is 0. The molecule has 10 atom stereocenters. The summed E-state index contributed by atoms with van der Waals surface area (Å²) in [4.78, 5) is 0. The van der Waals surface area contributed by atoms with Crippen molar-refractivity contribution in [3.63, 3.8) is 0 Å². The molecular weight excluding hydrogens is 516 g/mol. The first-order chi connectivity index (χ1) is 17.8. The topological polar surface area (TPSA) is 186 Å². The van der Waals surface area contributed by atoms with Crippen molar-refractivity contribution < 1.29 is 63.8 Å². The molecule has 2 aliphatic heterocycles. The minimum Gasteiger partial charge on any atom is -0.394 e. The molecule has 2 rings (SSSR count). The Morgan fingerprint density at radius 3 is 1.81 bits per heavy atom. The number of hydrogen-bond acceptors (Lipinski definition) is 14. The molecule has 2 saturated heterocycles. The third-order valence-corrected chi connectivity index (χ3v) is 6.88. The van der Waals surface area contributed by atoms with Crippen molar-refractivity contribution >= 4 is 11.8 Å². The van der Waals surface area contributed by atoms with Crippen LogP contribution in [0.5, 0.6) is 0 Å². The van der Waals surface area contributed by atoms with Crippen LogP contribution in [0.15, 0.2) is 0 Å². The van der Waals surface area contributed by atoms with E-state index in [0.717, 1.165) is 11.5 Å². The number of thioether (sulfide) groups is 1. The Balaban J connectivity index is 1.68. The summed E-state index contributed by atoms with van der Waals surface area (Å²) in [5.74, 6) is 2.05. The van der Waals surface area contributed by atoms with Gasteiger partial charge in [0.15, 0.2) is 12.6 Å². The summed E-state index contributed by atoms with van der Waals surface area (Å²) in [5, 5.41) is 60.7. The molecule has 4 unspecified atom stereocenters. The predicted octanol–water partition coefficient (Wildman–Crippen LogP) is -2.15. The predicted molar refractivity (Wildman–Crippen MR) is 131 cm³/mol. The molecule has 0 radical (unpaired) electrons. The van der Waals surface area contributed by atoms with Gasteiger partial charge in [-0.25, -0.2) is 0 Å². The Kier molecular flexibility index (Phi) is 16.3. The molecule has 2 heterocycles. The normalized spacial score (nSPS) is 36.6. The number of ether oxygens (including phenoxy) is 7. The van der Waals surface area contributed by atoms with E-state index in [0.29, 0.717) is 39.5 Å². The quantitative estimate of drug-likeness (QED) is 0.0996. The van der Waals surface area contributed by atoms with Gasteiger partial charge < -0.3 is 63.8 Å². The maximum atomic E-state index is 10.7. The second-order valence-electron chi connectivity index (χ2n) is 8.64. The summed E-state index contributed by atoms with van der Waals surface area (Å²) in [6.07, 6.45) is -13.1. The van der Waals surface area contributed by atoms with Crippen molar-refractivity contribution in [2.24, 2.45) is 0 Å². The van der Waals surface area contributed by atoms with Gasteiger partial charge in [-0.15, -0.1) is 0 Å². The zero-order valence-electron chi connectivity index (χ0n) is 21.5. The van der Waals surface area contributed by atoms with E-state index in [1.807, 2.05) is 11.8 Å². The van der Waals surface area contributed by atoms with Crippen LogP contribution in [0.4, 0.5) is 0 Å². The highest BCUT2D eigenvalue weighted by molar-refractivity contribution is 7.99. The minimum absolute atomic E-state index is 0.0985. The van der Waals surface area contributed by atoms with Gasteiger partial charge in [0.2, 0.25) is 0 Å². The Morgan fingerprint density at radius 1 is 0.649 bits per heavy atom. The van der Waals surface area contributed by atoms with Gasteiger partial charge >= 0.3 is 0 Å². The maximum absolute atomic E-state index is 10.7. The van der Waals surface area contributed by atoms with Crippen LogP contribution in [0.25, 0.3) is 0 Å². The fourth-order valence-electron chi connectivity index (χ4n) is 3.90. The lowest BCUT2D eigenvalue weighted by atomic mass is 9.96. The lowest BCUT2D eigenvalue weighted by Crippen LogP contribution is -2.64. The van der Waals surface area contributed by atoms with Crippen LogP contribution in [-0.4, -0.2) is 156 Å². The third-order valence-electron chi connectivity index (χ3n) is 6.01. The van der Waals surface area contributed by atoms with Crippen LogP contribution in [0.2, 0.25) is 0 Å². The average molecular weight is 561 g/mol. The summed E-state index contributed by atoms with van der Waals surface area (Å²) in [5.41, 5.74) is 0. The first-order valence-corrected chi connectivity index (χ1v) is 13.9. The van der Waals surface area contributed by atoms with E-state index in [4.69, 9.17) is 33.2 Å². The summed E-state index contributed by atoms with van der Waals surface area (Å²) in [7, 11) is 0. The summed E-state index contributed by atoms with van der Waals surface area (Å²) in [6.45, 7) is 6.07. The van der Waals surface area contributed by atoms with E-state index in [-0.39, 0.29) is 13.2 Å². The first kappa shape index (κ1) is 33.0. The lowest BCUT2D eigenvalue weighted by molar-refractivity contribution is -0.357. The van der Waals surface area contributed by atoms with Gasteiger partial charge in [0.25, 0.3) is 0 Å². The summed E-state index contributed by atoms with van der Waals surface area (Å²) < 4.78 is 38.6. The smallest absolute Gasteiger partial charge is 0.187 e. The highest BCUT2D eigenvalue weighted by Gasteiger charge is 2.50. The van der Waals surface area contributed by atoms with Crippen molar-refractivity contribution in [1.82, 2.24) is 0 Å². The van der Waals surface area contributed by atoms with Gasteiger partial charge in [0.1, 0.15) is 42.7 Å². The molecule has 0 amide bonds. The van der Waals surface area contributed by atoms with Gasteiger partial charge in [0.05, 0.1) is 59.0 Å². The van der Waals surface area contributed by atoms with Crippen LogP contribution in [0, 0.1) is 0 Å². The van der Waals surface area contributed by atoms with Crippen molar-refractivity contribution in [1.29, 1.82) is 0 Å². The Morgan fingerprint density at radius 2 is 1.22 bits per heavy atom. The monoisotopic (exact) mass is 560 g/mol. The standard InChI is InChI=1S/C23H44O13S/c1-3-14-21(36-23-19(28)17(26)16(25)15(13-24)35-23)18(27)20(29)22(34-14)33-10-9-31-6-5-30-7-8-32-11-12-37-4-2/h14-29H,3-13H2,1-2H3/t14?,15-,16-,17?,18+,19?,20?,21+,22+,23-/m0/s1. The van der Waals surface area contributed by atoms with E-state index < -0.39 is 68.0 Å². The molecule has 0 saturated carbocycles. The van der Waals surface area contributed by atoms with Gasteiger partial charge in [-0.3, -0.25) is 0 Å². The largest absolute Gasteiger partial charge is 0.394 e. The molecule has 0 bridgehead atoms. The molecule has 6 N–H and O–H groups in total. The highest BCUT2D eigenvalue weighted by Crippen LogP contribution is 2.30. The van der Waals surface area contributed by atoms with Crippen molar-refractivity contribution in [2.75, 3.05) is 64.4 Å². The van der Waals surface area contributed by atoms with E-state index in [1.54, 1.807) is 6.92 Å². The molecular formula is C23H44O13S. The van der Waals surface area contributed by atoms with Crippen molar-refractivity contribution in [3.05, 3.63) is 0 Å². The average Bonchev–Trinajstić information content (AvgIpc) is 2.90. The Bertz CT molecular complexity index is 587. The molecule has 13 nitrogen and oxygen atoms in total. The van der Waals surface area contributed by atoms with Crippen LogP contribution >= 0.6 is 11.8 Å². The van der Waals surface area contributed by atoms with Crippen LogP contribution in [0.3, 0.4) is 0 Å². The van der Waals surface area contributed by atoms with Gasteiger partial charge in [-0.2, -0.15) is 11.8 Å². The fourth-order valence-corrected chi connectivity index (χ4v) is 4.43. The lowest BCUT2D eigenvalue weighted by Gasteiger charge is -2.46. The highest BCUT2D eigenvalue weighted by atomic mass is 32.2.